The monoisotopic (exact) mass is 540 g/mol. The number of hydrogen-bond donors (Lipinski definition) is 0. The smallest absolute Gasteiger partial charge is 0.0281 e. The van der Waals surface area contributed by atoms with Crippen LogP contribution >= 0.6 is 16.0 Å². The molecule has 0 heterocycles. The molecule has 6 rings (SSSR count). The van der Waals surface area contributed by atoms with E-state index in [1.807, 2.05) is 0 Å². The summed E-state index contributed by atoms with van der Waals surface area (Å²) in [6.07, 6.45) is 6.97. The molecular formula is C36H32NP2. The van der Waals surface area contributed by atoms with Crippen LogP contribution in [0.1, 0.15) is 6.92 Å². The van der Waals surface area contributed by atoms with Gasteiger partial charge >= 0.3 is 0 Å². The van der Waals surface area contributed by atoms with E-state index < -0.39 is 16.0 Å². The molecule has 5 aromatic carbocycles. The molecule has 5 radical (unpaired) electrons. The Kier molecular flexibility index (Phi) is 8.22. The highest BCUT2D eigenvalue weighted by molar-refractivity contribution is 7.76. The molecule has 0 N–H and O–H groups in total. The van der Waals surface area contributed by atoms with Crippen LogP contribution in [0, 0.1) is 30.8 Å². The molecule has 1 saturated carbocycles. The van der Waals surface area contributed by atoms with Crippen LogP contribution in [0.3, 0.4) is 0 Å². The standard InChI is InChI=1S/C36H32NP2/c1-28(37(2)39(31-20-8-4-9-21-31)32-22-10-5-11-23-32)33-25-15-27-35(33)38(30-18-6-3-7-19-30)36-26-14-17-29-16-12-13-24-34(29)36/h3-28H,1-2H3/t28-,38+/m0/s1. The van der Waals surface area contributed by atoms with Crippen molar-refractivity contribution in [3.05, 3.63) is 164 Å². The van der Waals surface area contributed by atoms with Gasteiger partial charge in [0.1, 0.15) is 0 Å². The molecule has 191 valence electrons. The maximum absolute atomic E-state index is 2.60. The molecule has 0 bridgehead atoms. The van der Waals surface area contributed by atoms with E-state index in [4.69, 9.17) is 0 Å². The topological polar surface area (TPSA) is 3.24 Å². The number of hydrogen-bond acceptors (Lipinski definition) is 1. The van der Waals surface area contributed by atoms with Gasteiger partial charge in [0.15, 0.2) is 0 Å². The van der Waals surface area contributed by atoms with Crippen LogP contribution in [0.2, 0.25) is 0 Å². The lowest BCUT2D eigenvalue weighted by Crippen LogP contribution is -2.37. The number of benzene rings is 5. The minimum absolute atomic E-state index is 0.241. The van der Waals surface area contributed by atoms with E-state index in [1.165, 1.54) is 43.6 Å². The fraction of sp³-hybridized carbons (Fsp3) is 0.0833. The third kappa shape index (κ3) is 5.47. The van der Waals surface area contributed by atoms with Gasteiger partial charge in [-0.1, -0.05) is 133 Å². The summed E-state index contributed by atoms with van der Waals surface area (Å²) in [6, 6.07) is 48.9. The van der Waals surface area contributed by atoms with Gasteiger partial charge in [0.05, 0.1) is 0 Å². The van der Waals surface area contributed by atoms with Crippen LogP contribution in [-0.4, -0.2) is 17.8 Å². The van der Waals surface area contributed by atoms with Gasteiger partial charge in [0, 0.05) is 25.7 Å². The van der Waals surface area contributed by atoms with E-state index >= 15 is 0 Å². The zero-order valence-corrected chi connectivity index (χ0v) is 24.1. The van der Waals surface area contributed by atoms with Crippen molar-refractivity contribution in [1.82, 2.24) is 4.67 Å². The van der Waals surface area contributed by atoms with E-state index in [-0.39, 0.29) is 6.04 Å². The Morgan fingerprint density at radius 3 is 1.74 bits per heavy atom. The Morgan fingerprint density at radius 1 is 0.564 bits per heavy atom. The predicted octanol–water partition coefficient (Wildman–Crippen LogP) is 7.37. The van der Waals surface area contributed by atoms with Crippen LogP contribution < -0.4 is 21.2 Å². The fourth-order valence-electron chi connectivity index (χ4n) is 5.40. The quantitative estimate of drug-likeness (QED) is 0.186. The zero-order chi connectivity index (χ0) is 26.6. The van der Waals surface area contributed by atoms with Gasteiger partial charge in [-0.15, -0.1) is 0 Å². The van der Waals surface area contributed by atoms with Gasteiger partial charge in [0.2, 0.25) is 0 Å². The summed E-state index contributed by atoms with van der Waals surface area (Å²) in [7, 11) is 0.883. The number of nitrogens with zero attached hydrogens (tertiary/aromatic N) is 1. The summed E-state index contributed by atoms with van der Waals surface area (Å²) in [5.41, 5.74) is 1.45. The van der Waals surface area contributed by atoms with Gasteiger partial charge in [-0.25, -0.2) is 0 Å². The molecule has 1 aliphatic rings. The average molecular weight is 541 g/mol. The van der Waals surface area contributed by atoms with Crippen molar-refractivity contribution in [2.45, 2.75) is 13.0 Å². The Labute approximate surface area is 236 Å². The summed E-state index contributed by atoms with van der Waals surface area (Å²) in [5, 5.41) is 8.21. The molecular weight excluding hydrogens is 508 g/mol. The van der Waals surface area contributed by atoms with E-state index in [1.54, 1.807) is 0 Å². The second-order valence-corrected chi connectivity index (χ2v) is 14.2. The normalized spacial score (nSPS) is 16.2. The van der Waals surface area contributed by atoms with Crippen LogP contribution in [0.5, 0.6) is 0 Å². The maximum Gasteiger partial charge on any atom is 0.0281 e. The molecule has 0 spiro atoms. The first kappa shape index (κ1) is 26.4. The van der Waals surface area contributed by atoms with Crippen molar-refractivity contribution in [2.75, 3.05) is 7.05 Å². The average Bonchev–Trinajstić information content (AvgIpc) is 3.48. The SMILES string of the molecule is C[C@@H]([C]1[CH][CH][CH][C]1[P@@](c1ccccc1)c1cccc2ccccc12)N(C)P(c1ccccc1)c1ccccc1. The van der Waals surface area contributed by atoms with Crippen LogP contribution in [0.4, 0.5) is 0 Å². The van der Waals surface area contributed by atoms with E-state index in [2.05, 4.69) is 171 Å². The third-order valence-electron chi connectivity index (χ3n) is 7.42. The molecule has 3 heteroatoms. The summed E-state index contributed by atoms with van der Waals surface area (Å²) in [4.78, 5) is 0. The molecule has 1 aliphatic carbocycles. The zero-order valence-electron chi connectivity index (χ0n) is 22.4. The minimum Gasteiger partial charge on any atom is -0.274 e. The molecule has 0 unspecified atom stereocenters. The lowest BCUT2D eigenvalue weighted by atomic mass is 9.99. The Bertz CT molecular complexity index is 1440. The highest BCUT2D eigenvalue weighted by Crippen LogP contribution is 2.59. The second kappa shape index (κ2) is 12.1. The molecule has 0 saturated heterocycles. The Hall–Kier alpha value is -2.82. The molecule has 0 amide bonds. The van der Waals surface area contributed by atoms with Crippen molar-refractivity contribution < 1.29 is 0 Å². The number of fused-ring (bicyclic) bond motifs is 1. The van der Waals surface area contributed by atoms with Gasteiger partial charge in [-0.2, -0.15) is 0 Å². The lowest BCUT2D eigenvalue weighted by molar-refractivity contribution is 0.454. The molecule has 39 heavy (non-hydrogen) atoms. The fourth-order valence-corrected chi connectivity index (χ4v) is 10.5. The summed E-state index contributed by atoms with van der Waals surface area (Å²) < 4.78 is 2.60. The van der Waals surface area contributed by atoms with Crippen molar-refractivity contribution in [3.8, 4) is 0 Å². The second-order valence-electron chi connectivity index (χ2n) is 9.77. The molecule has 1 nitrogen and oxygen atoms in total. The number of rotatable bonds is 8. The maximum atomic E-state index is 2.60. The Balaban J connectivity index is 1.40. The largest absolute Gasteiger partial charge is 0.274 e. The van der Waals surface area contributed by atoms with E-state index in [0.29, 0.717) is 0 Å². The first-order chi connectivity index (χ1) is 19.2. The molecule has 2 atom stereocenters. The highest BCUT2D eigenvalue weighted by Gasteiger charge is 2.42. The molecule has 5 aromatic rings. The summed E-state index contributed by atoms with van der Waals surface area (Å²) in [5.74, 6) is 1.42. The highest BCUT2D eigenvalue weighted by atomic mass is 31.1. The van der Waals surface area contributed by atoms with Crippen molar-refractivity contribution >= 4 is 48.0 Å². The van der Waals surface area contributed by atoms with Gasteiger partial charge < -0.3 is 0 Å². The van der Waals surface area contributed by atoms with Gasteiger partial charge in [0.25, 0.3) is 0 Å². The van der Waals surface area contributed by atoms with Crippen LogP contribution in [0.15, 0.2) is 133 Å². The first-order valence-corrected chi connectivity index (χ1v) is 16.1. The summed E-state index contributed by atoms with van der Waals surface area (Å²) >= 11 is 0. The molecule has 1 fully saturated rings. The van der Waals surface area contributed by atoms with Crippen molar-refractivity contribution in [3.63, 3.8) is 0 Å². The Morgan fingerprint density at radius 2 is 1.10 bits per heavy atom. The van der Waals surface area contributed by atoms with Crippen LogP contribution in [0.25, 0.3) is 10.8 Å². The van der Waals surface area contributed by atoms with Gasteiger partial charge in [-0.3, -0.25) is 4.67 Å². The van der Waals surface area contributed by atoms with E-state index in [0.717, 1.165) is 0 Å². The van der Waals surface area contributed by atoms with E-state index in [9.17, 15) is 0 Å². The predicted molar refractivity (Wildman–Crippen MR) is 172 cm³/mol. The molecule has 0 aromatic heterocycles. The molecule has 0 aliphatic heterocycles. The van der Waals surface area contributed by atoms with Crippen molar-refractivity contribution in [2.24, 2.45) is 0 Å². The van der Waals surface area contributed by atoms with Crippen molar-refractivity contribution in [1.29, 1.82) is 0 Å². The first-order valence-electron chi connectivity index (χ1n) is 13.4. The minimum atomic E-state index is -0.734. The third-order valence-corrected chi connectivity index (χ3v) is 12.5. The lowest BCUT2D eigenvalue weighted by Gasteiger charge is -2.40. The summed E-state index contributed by atoms with van der Waals surface area (Å²) in [6.45, 7) is 2.38. The van der Waals surface area contributed by atoms with Crippen LogP contribution in [-0.2, 0) is 0 Å². The van der Waals surface area contributed by atoms with Gasteiger partial charge in [-0.05, 0) is 73.1 Å².